The van der Waals surface area contributed by atoms with Crippen LogP contribution in [0.2, 0.25) is 5.02 Å². The van der Waals surface area contributed by atoms with Crippen molar-refractivity contribution in [3.8, 4) is 11.5 Å². The first-order valence-electron chi connectivity index (χ1n) is 6.89. The van der Waals surface area contributed by atoms with Gasteiger partial charge in [0.1, 0.15) is 0 Å². The van der Waals surface area contributed by atoms with E-state index >= 15 is 0 Å². The number of benzene rings is 1. The van der Waals surface area contributed by atoms with E-state index in [4.69, 9.17) is 21.1 Å². The highest BCUT2D eigenvalue weighted by molar-refractivity contribution is 6.31. The first-order valence-corrected chi connectivity index (χ1v) is 7.27. The molecule has 6 nitrogen and oxygen atoms in total. The number of nitrogens with zero attached hydrogens (tertiary/aromatic N) is 2. The number of nitrogens with one attached hydrogen (secondary N) is 1. The Morgan fingerprint density at radius 1 is 1.33 bits per heavy atom. The van der Waals surface area contributed by atoms with Gasteiger partial charge in [0.2, 0.25) is 6.79 Å². The van der Waals surface area contributed by atoms with Crippen molar-refractivity contribution in [1.82, 2.24) is 15.1 Å². The predicted molar refractivity (Wildman–Crippen MR) is 76.7 cm³/mol. The minimum absolute atomic E-state index is 0.00996. The van der Waals surface area contributed by atoms with E-state index in [9.17, 15) is 4.79 Å². The molecule has 3 heterocycles. The topological polar surface area (TPSA) is 54.0 Å². The molecular formula is C14H16ClN3O3. The Morgan fingerprint density at radius 2 is 2.05 bits per heavy atom. The maximum atomic E-state index is 11.6. The second-order valence-corrected chi connectivity index (χ2v) is 6.29. The summed E-state index contributed by atoms with van der Waals surface area (Å²) < 4.78 is 10.7. The van der Waals surface area contributed by atoms with Gasteiger partial charge in [0, 0.05) is 44.3 Å². The third-order valence-corrected chi connectivity index (χ3v) is 4.91. The third-order valence-electron chi connectivity index (χ3n) is 4.56. The molecule has 2 amide bonds. The number of amides is 2. The summed E-state index contributed by atoms with van der Waals surface area (Å²) in [6, 6.07) is 3.76. The zero-order valence-electron chi connectivity index (χ0n) is 11.7. The molecule has 0 aromatic heterocycles. The molecule has 2 saturated heterocycles. The van der Waals surface area contributed by atoms with Gasteiger partial charge in [-0.15, -0.1) is 0 Å². The summed E-state index contributed by atoms with van der Waals surface area (Å²) in [5.41, 5.74) is 0.968. The van der Waals surface area contributed by atoms with E-state index < -0.39 is 0 Å². The van der Waals surface area contributed by atoms with Crippen molar-refractivity contribution in [3.63, 3.8) is 0 Å². The lowest BCUT2D eigenvalue weighted by molar-refractivity contribution is -0.00106. The highest BCUT2D eigenvalue weighted by Crippen LogP contribution is 2.38. The van der Waals surface area contributed by atoms with Crippen molar-refractivity contribution in [3.05, 3.63) is 22.7 Å². The van der Waals surface area contributed by atoms with Gasteiger partial charge >= 0.3 is 6.03 Å². The predicted octanol–water partition coefficient (Wildman–Crippen LogP) is 1.28. The van der Waals surface area contributed by atoms with Gasteiger partial charge in [0.15, 0.2) is 11.5 Å². The second kappa shape index (κ2) is 4.42. The highest BCUT2D eigenvalue weighted by Gasteiger charge is 2.51. The van der Waals surface area contributed by atoms with Crippen molar-refractivity contribution >= 4 is 17.6 Å². The molecule has 1 N–H and O–H groups in total. The van der Waals surface area contributed by atoms with Gasteiger partial charge in [0.05, 0.1) is 5.54 Å². The maximum absolute atomic E-state index is 11.6. The molecule has 4 rings (SSSR count). The number of likely N-dealkylation sites (N-methyl/N-ethyl adjacent to an activating group) is 1. The van der Waals surface area contributed by atoms with Crippen LogP contribution < -0.4 is 14.8 Å². The first-order chi connectivity index (χ1) is 10.1. The summed E-state index contributed by atoms with van der Waals surface area (Å²) in [7, 11) is 1.85. The Hall–Kier alpha value is -1.66. The number of halogens is 1. The number of hydrogen-bond donors (Lipinski definition) is 1. The van der Waals surface area contributed by atoms with E-state index in [1.807, 2.05) is 24.1 Å². The highest BCUT2D eigenvalue weighted by atomic mass is 35.5. The average molecular weight is 310 g/mol. The van der Waals surface area contributed by atoms with Crippen LogP contribution in [-0.4, -0.2) is 54.8 Å². The Labute approximate surface area is 127 Å². The number of carbonyl (C=O) groups is 1. The summed E-state index contributed by atoms with van der Waals surface area (Å²) in [6.07, 6.45) is 0. The smallest absolute Gasteiger partial charge is 0.317 e. The summed E-state index contributed by atoms with van der Waals surface area (Å²) in [6.45, 7) is 3.42. The molecule has 7 heteroatoms. The van der Waals surface area contributed by atoms with E-state index in [0.717, 1.165) is 30.9 Å². The maximum Gasteiger partial charge on any atom is 0.317 e. The van der Waals surface area contributed by atoms with Crippen LogP contribution in [0.15, 0.2) is 12.1 Å². The number of likely N-dealkylation sites (tertiary alicyclic amines) is 1. The molecule has 112 valence electrons. The molecule has 2 fully saturated rings. The molecule has 0 bridgehead atoms. The zero-order chi connectivity index (χ0) is 14.6. The normalized spacial score (nSPS) is 22.6. The third kappa shape index (κ3) is 1.93. The molecule has 1 aromatic carbocycles. The van der Waals surface area contributed by atoms with Crippen LogP contribution in [0.1, 0.15) is 5.56 Å². The second-order valence-electron chi connectivity index (χ2n) is 5.88. The van der Waals surface area contributed by atoms with Gasteiger partial charge in [-0.1, -0.05) is 11.6 Å². The van der Waals surface area contributed by atoms with Crippen LogP contribution in [0.4, 0.5) is 4.79 Å². The molecule has 3 aliphatic rings. The van der Waals surface area contributed by atoms with Crippen LogP contribution in [-0.2, 0) is 6.54 Å². The Balaban J connectivity index is 1.46. The minimum Gasteiger partial charge on any atom is -0.454 e. The van der Waals surface area contributed by atoms with E-state index in [-0.39, 0.29) is 18.4 Å². The number of urea groups is 1. The van der Waals surface area contributed by atoms with Crippen LogP contribution in [0.5, 0.6) is 11.5 Å². The molecule has 0 atom stereocenters. The number of rotatable bonds is 2. The van der Waals surface area contributed by atoms with E-state index in [0.29, 0.717) is 17.3 Å². The van der Waals surface area contributed by atoms with Gasteiger partial charge in [-0.2, -0.15) is 0 Å². The Bertz CT molecular complexity index is 616. The van der Waals surface area contributed by atoms with E-state index in [2.05, 4.69) is 10.2 Å². The molecule has 0 aliphatic carbocycles. The molecule has 0 radical (unpaired) electrons. The number of fused-ring (bicyclic) bond motifs is 1. The van der Waals surface area contributed by atoms with E-state index in [1.165, 1.54) is 0 Å². The molecule has 0 saturated carbocycles. The summed E-state index contributed by atoms with van der Waals surface area (Å²) in [5, 5.41) is 3.58. The fraction of sp³-hybridized carbons (Fsp3) is 0.500. The number of carbonyl (C=O) groups excluding carboxylic acids is 1. The van der Waals surface area contributed by atoms with Gasteiger partial charge in [-0.25, -0.2) is 4.79 Å². The van der Waals surface area contributed by atoms with Crippen molar-refractivity contribution in [2.24, 2.45) is 0 Å². The summed E-state index contributed by atoms with van der Waals surface area (Å²) in [4.78, 5) is 15.7. The van der Waals surface area contributed by atoms with Gasteiger partial charge in [0.25, 0.3) is 0 Å². The van der Waals surface area contributed by atoms with Crippen molar-refractivity contribution in [2.45, 2.75) is 12.1 Å². The number of ether oxygens (including phenoxy) is 2. The zero-order valence-corrected chi connectivity index (χ0v) is 12.4. The molecule has 0 unspecified atom stereocenters. The monoisotopic (exact) mass is 309 g/mol. The Morgan fingerprint density at radius 3 is 2.71 bits per heavy atom. The van der Waals surface area contributed by atoms with Crippen molar-refractivity contribution in [2.75, 3.05) is 33.5 Å². The summed E-state index contributed by atoms with van der Waals surface area (Å²) >= 11 is 6.30. The van der Waals surface area contributed by atoms with Crippen LogP contribution in [0.3, 0.4) is 0 Å². The minimum atomic E-state index is -0.0557. The van der Waals surface area contributed by atoms with Crippen LogP contribution in [0.25, 0.3) is 0 Å². The lowest BCUT2D eigenvalue weighted by Gasteiger charge is -2.50. The standard InChI is InChI=1S/C14H16ClN3O3/c1-17-13(19)16-5-14(17)6-18(7-14)4-9-2-11-12(3-10(9)15)21-8-20-11/h2-3H,4-8H2,1H3,(H,16,19). The lowest BCUT2D eigenvalue weighted by atomic mass is 9.89. The van der Waals surface area contributed by atoms with Crippen molar-refractivity contribution < 1.29 is 14.3 Å². The lowest BCUT2D eigenvalue weighted by Crippen LogP contribution is -2.68. The summed E-state index contributed by atoms with van der Waals surface area (Å²) in [5.74, 6) is 1.45. The largest absolute Gasteiger partial charge is 0.454 e. The van der Waals surface area contributed by atoms with Crippen LogP contribution in [0, 0.1) is 0 Å². The molecule has 3 aliphatic heterocycles. The van der Waals surface area contributed by atoms with Crippen LogP contribution >= 0.6 is 11.6 Å². The van der Waals surface area contributed by atoms with Crippen molar-refractivity contribution in [1.29, 1.82) is 0 Å². The van der Waals surface area contributed by atoms with Gasteiger partial charge in [-0.3, -0.25) is 4.90 Å². The molecule has 1 aromatic rings. The van der Waals surface area contributed by atoms with Gasteiger partial charge < -0.3 is 19.7 Å². The van der Waals surface area contributed by atoms with E-state index in [1.54, 1.807) is 0 Å². The first kappa shape index (κ1) is 13.0. The van der Waals surface area contributed by atoms with Gasteiger partial charge in [-0.05, 0) is 11.6 Å². The quantitative estimate of drug-likeness (QED) is 0.894. The Kier molecular flexibility index (Phi) is 2.74. The average Bonchev–Trinajstić information content (AvgIpc) is 2.97. The fourth-order valence-electron chi connectivity index (χ4n) is 3.24. The molecule has 1 spiro atoms. The molecular weight excluding hydrogens is 294 g/mol. The fourth-order valence-corrected chi connectivity index (χ4v) is 3.45. The molecule has 21 heavy (non-hydrogen) atoms. The SMILES string of the molecule is CN1C(=O)NCC12CN(Cc1cc3c(cc1Cl)OCO3)C2. The number of hydrogen-bond acceptors (Lipinski definition) is 4.